The first-order valence-corrected chi connectivity index (χ1v) is 5.40. The fourth-order valence-corrected chi connectivity index (χ4v) is 1.53. The Hall–Kier alpha value is -3.07. The number of nitrogen functional groups attached to an aromatic ring is 1. The van der Waals surface area contributed by atoms with Crippen molar-refractivity contribution < 1.29 is 4.79 Å². The van der Waals surface area contributed by atoms with Crippen LogP contribution in [0.4, 0.5) is 11.4 Å². The number of hydrogen-bond acceptors (Lipinski definition) is 4. The molecule has 0 aliphatic rings. The highest BCUT2D eigenvalue weighted by molar-refractivity contribution is 6.05. The molecule has 1 heterocycles. The van der Waals surface area contributed by atoms with Gasteiger partial charge in [-0.3, -0.25) is 9.59 Å². The second-order valence-corrected chi connectivity index (χ2v) is 3.79. The average molecular weight is 254 g/mol. The SMILES string of the molecule is N#Cc1ccc(NC(=O)c2c[nH]ccc2=O)c(N)c1. The molecule has 6 heteroatoms. The minimum Gasteiger partial charge on any atom is -0.397 e. The number of aromatic amines is 1. The summed E-state index contributed by atoms with van der Waals surface area (Å²) < 4.78 is 0. The third-order valence-electron chi connectivity index (χ3n) is 2.50. The van der Waals surface area contributed by atoms with E-state index >= 15 is 0 Å². The van der Waals surface area contributed by atoms with Gasteiger partial charge in [-0.05, 0) is 18.2 Å². The van der Waals surface area contributed by atoms with Gasteiger partial charge in [0.2, 0.25) is 0 Å². The van der Waals surface area contributed by atoms with E-state index in [0.717, 1.165) is 0 Å². The summed E-state index contributed by atoms with van der Waals surface area (Å²) in [5.74, 6) is -0.557. The van der Waals surface area contributed by atoms with E-state index in [1.165, 1.54) is 36.7 Å². The van der Waals surface area contributed by atoms with Crippen molar-refractivity contribution in [2.45, 2.75) is 0 Å². The maximum absolute atomic E-state index is 11.9. The van der Waals surface area contributed by atoms with Gasteiger partial charge in [-0.1, -0.05) is 0 Å². The Kier molecular flexibility index (Phi) is 3.30. The maximum atomic E-state index is 11.9. The van der Waals surface area contributed by atoms with Crippen LogP contribution in [0.3, 0.4) is 0 Å². The predicted octanol–water partition coefficient (Wildman–Crippen LogP) is 1.08. The second-order valence-electron chi connectivity index (χ2n) is 3.79. The third-order valence-corrected chi connectivity index (χ3v) is 2.50. The fourth-order valence-electron chi connectivity index (χ4n) is 1.53. The van der Waals surface area contributed by atoms with Crippen LogP contribution >= 0.6 is 0 Å². The zero-order chi connectivity index (χ0) is 13.8. The van der Waals surface area contributed by atoms with Gasteiger partial charge in [0.25, 0.3) is 5.91 Å². The Morgan fingerprint density at radius 1 is 1.37 bits per heavy atom. The number of nitrogens with zero attached hydrogens (tertiary/aromatic N) is 1. The molecule has 94 valence electrons. The van der Waals surface area contributed by atoms with Gasteiger partial charge in [-0.2, -0.15) is 5.26 Å². The summed E-state index contributed by atoms with van der Waals surface area (Å²) in [5.41, 5.74) is 6.33. The van der Waals surface area contributed by atoms with Crippen molar-refractivity contribution in [1.29, 1.82) is 5.26 Å². The Morgan fingerprint density at radius 3 is 2.79 bits per heavy atom. The molecule has 0 saturated carbocycles. The molecule has 0 fully saturated rings. The fraction of sp³-hybridized carbons (Fsp3) is 0. The molecule has 0 atom stereocenters. The number of nitriles is 1. The molecule has 0 aliphatic heterocycles. The second kappa shape index (κ2) is 5.06. The molecule has 2 aromatic rings. The largest absolute Gasteiger partial charge is 0.397 e. The highest BCUT2D eigenvalue weighted by Crippen LogP contribution is 2.19. The van der Waals surface area contributed by atoms with Crippen LogP contribution in [-0.4, -0.2) is 10.9 Å². The number of carbonyl (C=O) groups excluding carboxylic acids is 1. The van der Waals surface area contributed by atoms with Crippen molar-refractivity contribution in [3.63, 3.8) is 0 Å². The summed E-state index contributed by atoms with van der Waals surface area (Å²) in [5, 5.41) is 11.2. The van der Waals surface area contributed by atoms with E-state index in [2.05, 4.69) is 10.3 Å². The summed E-state index contributed by atoms with van der Waals surface area (Å²) in [6, 6.07) is 7.70. The molecule has 0 bridgehead atoms. The lowest BCUT2D eigenvalue weighted by atomic mass is 10.2. The first kappa shape index (κ1) is 12.4. The first-order chi connectivity index (χ1) is 9.11. The van der Waals surface area contributed by atoms with Crippen molar-refractivity contribution in [2.75, 3.05) is 11.1 Å². The number of nitrogens with two attached hydrogens (primary N) is 1. The number of amides is 1. The van der Waals surface area contributed by atoms with Gasteiger partial charge in [0.15, 0.2) is 5.43 Å². The summed E-state index contributed by atoms with van der Waals surface area (Å²) in [6.07, 6.45) is 2.76. The Bertz CT molecular complexity index is 728. The number of benzene rings is 1. The van der Waals surface area contributed by atoms with Crippen molar-refractivity contribution in [3.05, 3.63) is 58.0 Å². The summed E-state index contributed by atoms with van der Waals surface area (Å²) in [4.78, 5) is 26.0. The normalized spacial score (nSPS) is 9.63. The molecular weight excluding hydrogens is 244 g/mol. The van der Waals surface area contributed by atoms with Crippen LogP contribution in [0.25, 0.3) is 0 Å². The Balaban J connectivity index is 2.28. The molecule has 0 spiro atoms. The summed E-state index contributed by atoms with van der Waals surface area (Å²) in [6.45, 7) is 0. The van der Waals surface area contributed by atoms with Crippen molar-refractivity contribution >= 4 is 17.3 Å². The lowest BCUT2D eigenvalue weighted by Crippen LogP contribution is -2.21. The summed E-state index contributed by atoms with van der Waals surface area (Å²) >= 11 is 0. The van der Waals surface area contributed by atoms with Gasteiger partial charge in [-0.25, -0.2) is 0 Å². The minimum absolute atomic E-state index is 0.00809. The van der Waals surface area contributed by atoms with Crippen LogP contribution in [-0.2, 0) is 0 Å². The van der Waals surface area contributed by atoms with E-state index in [4.69, 9.17) is 11.0 Å². The highest BCUT2D eigenvalue weighted by Gasteiger charge is 2.11. The van der Waals surface area contributed by atoms with Crippen molar-refractivity contribution in [2.24, 2.45) is 0 Å². The molecule has 1 aromatic heterocycles. The number of aromatic nitrogens is 1. The number of carbonyl (C=O) groups is 1. The monoisotopic (exact) mass is 254 g/mol. The van der Waals surface area contributed by atoms with Crippen LogP contribution in [0.2, 0.25) is 0 Å². The average Bonchev–Trinajstić information content (AvgIpc) is 2.41. The molecule has 0 radical (unpaired) electrons. The van der Waals surface area contributed by atoms with E-state index in [0.29, 0.717) is 11.3 Å². The number of anilines is 2. The van der Waals surface area contributed by atoms with E-state index in [-0.39, 0.29) is 16.7 Å². The van der Waals surface area contributed by atoms with Crippen LogP contribution < -0.4 is 16.5 Å². The number of rotatable bonds is 2. The molecule has 0 aliphatic carbocycles. The number of H-pyrrole nitrogens is 1. The highest BCUT2D eigenvalue weighted by atomic mass is 16.2. The third kappa shape index (κ3) is 2.61. The predicted molar refractivity (Wildman–Crippen MR) is 70.6 cm³/mol. The molecule has 0 saturated heterocycles. The minimum atomic E-state index is -0.557. The van der Waals surface area contributed by atoms with Crippen molar-refractivity contribution in [1.82, 2.24) is 4.98 Å². The van der Waals surface area contributed by atoms with Gasteiger partial charge in [0.1, 0.15) is 5.56 Å². The van der Waals surface area contributed by atoms with Gasteiger partial charge < -0.3 is 16.0 Å². The molecule has 4 N–H and O–H groups in total. The smallest absolute Gasteiger partial charge is 0.261 e. The molecule has 1 aromatic carbocycles. The van der Waals surface area contributed by atoms with Crippen LogP contribution in [0, 0.1) is 11.3 Å². The van der Waals surface area contributed by atoms with E-state index in [9.17, 15) is 9.59 Å². The molecule has 19 heavy (non-hydrogen) atoms. The lowest BCUT2D eigenvalue weighted by molar-refractivity contribution is 0.102. The maximum Gasteiger partial charge on any atom is 0.261 e. The van der Waals surface area contributed by atoms with Crippen LogP contribution in [0.1, 0.15) is 15.9 Å². The molecule has 1 amide bonds. The van der Waals surface area contributed by atoms with Gasteiger partial charge in [0, 0.05) is 18.5 Å². The van der Waals surface area contributed by atoms with Gasteiger partial charge in [-0.15, -0.1) is 0 Å². The van der Waals surface area contributed by atoms with E-state index in [1.807, 2.05) is 6.07 Å². The van der Waals surface area contributed by atoms with E-state index < -0.39 is 5.91 Å². The zero-order valence-corrected chi connectivity index (χ0v) is 9.81. The lowest BCUT2D eigenvalue weighted by Gasteiger charge is -2.07. The standard InChI is InChI=1S/C13H10N4O2/c14-6-8-1-2-11(10(15)5-8)17-13(19)9-7-16-4-3-12(9)18/h1-5,7H,15H2,(H,16,18)(H,17,19). The quantitative estimate of drug-likeness (QED) is 0.696. The molecular formula is C13H10N4O2. The topological polar surface area (TPSA) is 112 Å². The van der Waals surface area contributed by atoms with E-state index in [1.54, 1.807) is 0 Å². The molecule has 6 nitrogen and oxygen atoms in total. The Morgan fingerprint density at radius 2 is 2.16 bits per heavy atom. The zero-order valence-electron chi connectivity index (χ0n) is 9.81. The van der Waals surface area contributed by atoms with Crippen molar-refractivity contribution in [3.8, 4) is 6.07 Å². The first-order valence-electron chi connectivity index (χ1n) is 5.40. The number of pyridine rings is 1. The van der Waals surface area contributed by atoms with Gasteiger partial charge >= 0.3 is 0 Å². The molecule has 2 rings (SSSR count). The Labute approximate surface area is 108 Å². The van der Waals surface area contributed by atoms with Crippen LogP contribution in [0.5, 0.6) is 0 Å². The molecule has 0 unspecified atom stereocenters. The summed E-state index contributed by atoms with van der Waals surface area (Å²) in [7, 11) is 0. The number of nitrogens with one attached hydrogen (secondary N) is 2. The number of hydrogen-bond donors (Lipinski definition) is 3. The van der Waals surface area contributed by atoms with Crippen LogP contribution in [0.15, 0.2) is 41.5 Å². The van der Waals surface area contributed by atoms with Gasteiger partial charge in [0.05, 0.1) is 23.0 Å².